The summed E-state index contributed by atoms with van der Waals surface area (Å²) in [5, 5.41) is 0. The monoisotopic (exact) mass is 256 g/mol. The normalized spacial score (nSPS) is 12.5. The second-order valence-corrected chi connectivity index (χ2v) is 5.01. The van der Waals surface area contributed by atoms with Gasteiger partial charge in [-0.1, -0.05) is 32.0 Å². The highest BCUT2D eigenvalue weighted by Gasteiger charge is 2.09. The Morgan fingerprint density at radius 1 is 1.11 bits per heavy atom. The van der Waals surface area contributed by atoms with Gasteiger partial charge in [-0.05, 0) is 36.1 Å². The Bertz CT molecular complexity index is 550. The van der Waals surface area contributed by atoms with Gasteiger partial charge in [0.25, 0.3) is 0 Å². The third-order valence-electron chi connectivity index (χ3n) is 3.04. The van der Waals surface area contributed by atoms with E-state index in [0.29, 0.717) is 11.8 Å². The Hall–Kier alpha value is -1.87. The van der Waals surface area contributed by atoms with Crippen LogP contribution in [0.15, 0.2) is 42.6 Å². The maximum atomic E-state index is 5.89. The zero-order valence-electron chi connectivity index (χ0n) is 11.6. The van der Waals surface area contributed by atoms with Crippen LogP contribution in [0.5, 0.6) is 11.6 Å². The molecule has 0 aliphatic heterocycles. The van der Waals surface area contributed by atoms with Gasteiger partial charge < -0.3 is 10.5 Å². The summed E-state index contributed by atoms with van der Waals surface area (Å²) in [5.74, 6) is 1.85. The van der Waals surface area contributed by atoms with Gasteiger partial charge in [-0.25, -0.2) is 4.98 Å². The number of pyridine rings is 1. The van der Waals surface area contributed by atoms with Crippen LogP contribution in [0.1, 0.15) is 43.9 Å². The quantitative estimate of drug-likeness (QED) is 0.898. The van der Waals surface area contributed by atoms with Crippen LogP contribution in [0.2, 0.25) is 0 Å². The Labute approximate surface area is 114 Å². The molecule has 0 fully saturated rings. The summed E-state index contributed by atoms with van der Waals surface area (Å²) in [6.07, 6.45) is 1.73. The van der Waals surface area contributed by atoms with Crippen LogP contribution in [0.25, 0.3) is 0 Å². The molecule has 0 bridgehead atoms. The molecular weight excluding hydrogens is 236 g/mol. The number of benzene rings is 1. The van der Waals surface area contributed by atoms with Crippen molar-refractivity contribution < 1.29 is 4.74 Å². The first-order chi connectivity index (χ1) is 9.08. The minimum absolute atomic E-state index is 0.0225. The van der Waals surface area contributed by atoms with Gasteiger partial charge in [0, 0.05) is 18.3 Å². The number of nitrogens with two attached hydrogens (primary N) is 1. The molecule has 2 aromatic rings. The molecule has 1 unspecified atom stereocenters. The van der Waals surface area contributed by atoms with Gasteiger partial charge in [-0.3, -0.25) is 0 Å². The van der Waals surface area contributed by atoms with E-state index in [1.54, 1.807) is 6.20 Å². The molecule has 0 amide bonds. The van der Waals surface area contributed by atoms with Crippen LogP contribution < -0.4 is 10.5 Å². The molecule has 3 heteroatoms. The average molecular weight is 256 g/mol. The molecule has 1 heterocycles. The van der Waals surface area contributed by atoms with Crippen LogP contribution in [-0.2, 0) is 0 Å². The fraction of sp³-hybridized carbons (Fsp3) is 0.312. The van der Waals surface area contributed by atoms with E-state index >= 15 is 0 Å². The minimum Gasteiger partial charge on any atom is -0.439 e. The van der Waals surface area contributed by atoms with E-state index in [0.717, 1.165) is 11.3 Å². The van der Waals surface area contributed by atoms with Gasteiger partial charge >= 0.3 is 0 Å². The first kappa shape index (κ1) is 13.6. The van der Waals surface area contributed by atoms with Gasteiger partial charge in [0.1, 0.15) is 5.75 Å². The number of ether oxygens (including phenoxy) is 1. The van der Waals surface area contributed by atoms with E-state index in [-0.39, 0.29) is 6.04 Å². The van der Waals surface area contributed by atoms with Crippen molar-refractivity contribution in [3.63, 3.8) is 0 Å². The molecule has 0 aliphatic carbocycles. The maximum Gasteiger partial charge on any atom is 0.219 e. The topological polar surface area (TPSA) is 48.1 Å². The second kappa shape index (κ2) is 5.85. The van der Waals surface area contributed by atoms with Crippen LogP contribution in [0, 0.1) is 0 Å². The standard InChI is InChI=1S/C16H20N2O/c1-11(2)14-6-4-5-7-15(14)19-16-10-13(12(3)17)8-9-18-16/h4-12H,17H2,1-3H3. The lowest BCUT2D eigenvalue weighted by Crippen LogP contribution is -2.05. The number of nitrogens with zero attached hydrogens (tertiary/aromatic N) is 1. The van der Waals surface area contributed by atoms with Crippen molar-refractivity contribution in [1.29, 1.82) is 0 Å². The summed E-state index contributed by atoms with van der Waals surface area (Å²) >= 11 is 0. The van der Waals surface area contributed by atoms with Gasteiger partial charge in [-0.2, -0.15) is 0 Å². The molecular formula is C16H20N2O. The van der Waals surface area contributed by atoms with Crippen molar-refractivity contribution in [1.82, 2.24) is 4.98 Å². The zero-order valence-corrected chi connectivity index (χ0v) is 11.6. The molecule has 1 atom stereocenters. The lowest BCUT2D eigenvalue weighted by Gasteiger charge is -2.13. The minimum atomic E-state index is -0.0225. The van der Waals surface area contributed by atoms with Crippen LogP contribution >= 0.6 is 0 Å². The summed E-state index contributed by atoms with van der Waals surface area (Å²) in [4.78, 5) is 4.24. The van der Waals surface area contributed by atoms with Gasteiger partial charge in [0.15, 0.2) is 0 Å². The number of hydrogen-bond donors (Lipinski definition) is 1. The van der Waals surface area contributed by atoms with Gasteiger partial charge in [0.2, 0.25) is 5.88 Å². The van der Waals surface area contributed by atoms with E-state index in [4.69, 9.17) is 10.5 Å². The number of para-hydroxylation sites is 1. The van der Waals surface area contributed by atoms with Crippen molar-refractivity contribution in [3.05, 3.63) is 53.7 Å². The Balaban J connectivity index is 2.29. The smallest absolute Gasteiger partial charge is 0.219 e. The van der Waals surface area contributed by atoms with Crippen molar-refractivity contribution in [2.45, 2.75) is 32.7 Å². The predicted molar refractivity (Wildman–Crippen MR) is 77.4 cm³/mol. The molecule has 1 aromatic carbocycles. The molecule has 3 nitrogen and oxygen atoms in total. The number of hydrogen-bond acceptors (Lipinski definition) is 3. The summed E-state index contributed by atoms with van der Waals surface area (Å²) in [5.41, 5.74) is 8.07. The van der Waals surface area contributed by atoms with Crippen molar-refractivity contribution in [3.8, 4) is 11.6 Å². The highest BCUT2D eigenvalue weighted by atomic mass is 16.5. The van der Waals surface area contributed by atoms with E-state index in [1.165, 1.54) is 5.56 Å². The lowest BCUT2D eigenvalue weighted by molar-refractivity contribution is 0.453. The van der Waals surface area contributed by atoms with E-state index in [9.17, 15) is 0 Å². The number of rotatable bonds is 4. The Kier molecular flexibility index (Phi) is 4.17. The summed E-state index contributed by atoms with van der Waals surface area (Å²) in [6, 6.07) is 11.8. The van der Waals surface area contributed by atoms with E-state index in [2.05, 4.69) is 24.9 Å². The molecule has 19 heavy (non-hydrogen) atoms. The van der Waals surface area contributed by atoms with Crippen molar-refractivity contribution in [2.75, 3.05) is 0 Å². The molecule has 0 radical (unpaired) electrons. The second-order valence-electron chi connectivity index (χ2n) is 5.01. The fourth-order valence-corrected chi connectivity index (χ4v) is 1.93. The highest BCUT2D eigenvalue weighted by molar-refractivity contribution is 5.38. The average Bonchev–Trinajstić information content (AvgIpc) is 2.39. The first-order valence-corrected chi connectivity index (χ1v) is 6.56. The van der Waals surface area contributed by atoms with Gasteiger partial charge in [0.05, 0.1) is 0 Å². The zero-order chi connectivity index (χ0) is 13.8. The largest absolute Gasteiger partial charge is 0.439 e. The van der Waals surface area contributed by atoms with E-state index in [1.807, 2.05) is 37.3 Å². The molecule has 0 aliphatic rings. The third-order valence-corrected chi connectivity index (χ3v) is 3.04. The van der Waals surface area contributed by atoms with Gasteiger partial charge in [-0.15, -0.1) is 0 Å². The summed E-state index contributed by atoms with van der Waals surface area (Å²) in [6.45, 7) is 6.24. The first-order valence-electron chi connectivity index (χ1n) is 6.56. The van der Waals surface area contributed by atoms with Crippen LogP contribution in [-0.4, -0.2) is 4.98 Å². The van der Waals surface area contributed by atoms with Crippen molar-refractivity contribution in [2.24, 2.45) is 5.73 Å². The maximum absolute atomic E-state index is 5.89. The number of aromatic nitrogens is 1. The molecule has 100 valence electrons. The van der Waals surface area contributed by atoms with Crippen LogP contribution in [0.3, 0.4) is 0 Å². The summed E-state index contributed by atoms with van der Waals surface area (Å²) in [7, 11) is 0. The Morgan fingerprint density at radius 3 is 2.53 bits per heavy atom. The lowest BCUT2D eigenvalue weighted by atomic mass is 10.0. The predicted octanol–water partition coefficient (Wildman–Crippen LogP) is 4.02. The SMILES string of the molecule is CC(C)c1ccccc1Oc1cc(C(C)N)ccn1. The highest BCUT2D eigenvalue weighted by Crippen LogP contribution is 2.29. The van der Waals surface area contributed by atoms with Crippen LogP contribution in [0.4, 0.5) is 0 Å². The summed E-state index contributed by atoms with van der Waals surface area (Å²) < 4.78 is 5.89. The fourth-order valence-electron chi connectivity index (χ4n) is 1.93. The van der Waals surface area contributed by atoms with Crippen molar-refractivity contribution >= 4 is 0 Å². The molecule has 0 saturated heterocycles. The third kappa shape index (κ3) is 3.32. The van der Waals surface area contributed by atoms with E-state index < -0.39 is 0 Å². The molecule has 0 spiro atoms. The molecule has 1 aromatic heterocycles. The molecule has 2 rings (SSSR count). The Morgan fingerprint density at radius 2 is 1.84 bits per heavy atom. The molecule has 0 saturated carbocycles. The molecule has 2 N–H and O–H groups in total.